The number of nitrogens with one attached hydrogen (secondary N) is 1. The molecule has 3 N–H and O–H groups in total. The summed E-state index contributed by atoms with van der Waals surface area (Å²) in [6.45, 7) is 3.88. The van der Waals surface area contributed by atoms with Crippen LogP contribution in [0.15, 0.2) is 54.6 Å². The van der Waals surface area contributed by atoms with Gasteiger partial charge in [0.2, 0.25) is 0 Å². The first-order valence-electron chi connectivity index (χ1n) is 10.2. The van der Waals surface area contributed by atoms with Crippen molar-refractivity contribution >= 4 is 0 Å². The molecular formula is C23H33N3O. The fourth-order valence-electron chi connectivity index (χ4n) is 4.17. The summed E-state index contributed by atoms with van der Waals surface area (Å²) in [6.07, 6.45) is 4.69. The zero-order chi connectivity index (χ0) is 18.9. The van der Waals surface area contributed by atoms with E-state index in [-0.39, 0.29) is 0 Å². The van der Waals surface area contributed by atoms with E-state index in [0.29, 0.717) is 12.1 Å². The van der Waals surface area contributed by atoms with Crippen LogP contribution in [0.1, 0.15) is 42.9 Å². The van der Waals surface area contributed by atoms with Gasteiger partial charge in [-0.05, 0) is 56.9 Å². The summed E-state index contributed by atoms with van der Waals surface area (Å²) in [7, 11) is 1.74. The molecule has 0 aromatic heterocycles. The van der Waals surface area contributed by atoms with Crippen molar-refractivity contribution < 1.29 is 4.74 Å². The molecule has 1 aliphatic heterocycles. The van der Waals surface area contributed by atoms with E-state index in [9.17, 15) is 0 Å². The van der Waals surface area contributed by atoms with E-state index in [1.54, 1.807) is 7.11 Å². The first-order valence-corrected chi connectivity index (χ1v) is 10.2. The number of methoxy groups -OCH3 is 1. The van der Waals surface area contributed by atoms with Gasteiger partial charge in [0.15, 0.2) is 0 Å². The number of likely N-dealkylation sites (tertiary alicyclic amines) is 1. The molecule has 0 spiro atoms. The highest BCUT2D eigenvalue weighted by Crippen LogP contribution is 2.32. The number of rotatable bonds is 9. The number of nitrogens with two attached hydrogens (primary N) is 1. The predicted octanol–water partition coefficient (Wildman–Crippen LogP) is 3.73. The molecule has 2 aromatic rings. The third-order valence-corrected chi connectivity index (χ3v) is 5.52. The molecule has 1 heterocycles. The number of benzene rings is 2. The lowest BCUT2D eigenvalue weighted by molar-refractivity contribution is 0.109. The highest BCUT2D eigenvalue weighted by molar-refractivity contribution is 5.33. The lowest BCUT2D eigenvalue weighted by Gasteiger charge is -2.42. The molecule has 1 fully saturated rings. The maximum atomic E-state index is 5.71. The minimum Gasteiger partial charge on any atom is -0.496 e. The van der Waals surface area contributed by atoms with Gasteiger partial charge in [-0.1, -0.05) is 48.5 Å². The molecule has 2 unspecified atom stereocenters. The second kappa shape index (κ2) is 10.5. The average Bonchev–Trinajstić information content (AvgIpc) is 2.73. The van der Waals surface area contributed by atoms with E-state index in [0.717, 1.165) is 38.3 Å². The van der Waals surface area contributed by atoms with Gasteiger partial charge in [-0.3, -0.25) is 4.90 Å². The van der Waals surface area contributed by atoms with E-state index >= 15 is 0 Å². The molecule has 2 atom stereocenters. The summed E-state index contributed by atoms with van der Waals surface area (Å²) >= 11 is 0. The number of ether oxygens (including phenoxy) is 1. The van der Waals surface area contributed by atoms with Gasteiger partial charge in [0, 0.05) is 18.2 Å². The summed E-state index contributed by atoms with van der Waals surface area (Å²) in [6, 6.07) is 20.1. The van der Waals surface area contributed by atoms with Crippen LogP contribution in [0, 0.1) is 0 Å². The Labute approximate surface area is 163 Å². The molecule has 146 valence electrons. The van der Waals surface area contributed by atoms with Crippen molar-refractivity contribution in [2.45, 2.75) is 44.3 Å². The molecule has 0 amide bonds. The number of para-hydroxylation sites is 1. The van der Waals surface area contributed by atoms with Crippen LogP contribution in [0.5, 0.6) is 5.75 Å². The molecule has 0 bridgehead atoms. The first kappa shape index (κ1) is 19.9. The second-order valence-corrected chi connectivity index (χ2v) is 7.33. The average molecular weight is 368 g/mol. The van der Waals surface area contributed by atoms with Crippen LogP contribution in [0.2, 0.25) is 0 Å². The van der Waals surface area contributed by atoms with Crippen molar-refractivity contribution in [3.63, 3.8) is 0 Å². The molecule has 0 aliphatic carbocycles. The molecule has 1 saturated heterocycles. The molecule has 4 nitrogen and oxygen atoms in total. The van der Waals surface area contributed by atoms with Crippen LogP contribution in [0.25, 0.3) is 0 Å². The minimum absolute atomic E-state index is 0.410. The Morgan fingerprint density at radius 3 is 2.63 bits per heavy atom. The maximum absolute atomic E-state index is 5.71. The van der Waals surface area contributed by atoms with Gasteiger partial charge in [-0.2, -0.15) is 0 Å². The van der Waals surface area contributed by atoms with Crippen LogP contribution in [0.4, 0.5) is 0 Å². The van der Waals surface area contributed by atoms with Gasteiger partial charge in [0.25, 0.3) is 0 Å². The maximum Gasteiger partial charge on any atom is 0.123 e. The standard InChI is InChI=1S/C23H33N3O/c1-27-22-14-6-5-12-20(22)18-25-21-13-9-17-26(16-8-7-15-24)23(21)19-10-3-2-4-11-19/h2-6,10-12,14,21,23,25H,7-9,13,15-18,24H2,1H3. The molecule has 4 heteroatoms. The number of unbranched alkanes of at least 4 members (excludes halogenated alkanes) is 1. The summed E-state index contributed by atoms with van der Waals surface area (Å²) in [4.78, 5) is 2.65. The Bertz CT molecular complexity index is 676. The van der Waals surface area contributed by atoms with Crippen LogP contribution < -0.4 is 15.8 Å². The van der Waals surface area contributed by atoms with E-state index in [1.807, 2.05) is 12.1 Å². The Hall–Kier alpha value is -1.88. The van der Waals surface area contributed by atoms with Gasteiger partial charge in [0.05, 0.1) is 13.2 Å². The van der Waals surface area contributed by atoms with Gasteiger partial charge < -0.3 is 15.8 Å². The van der Waals surface area contributed by atoms with Gasteiger partial charge in [-0.15, -0.1) is 0 Å². The van der Waals surface area contributed by atoms with Crippen LogP contribution in [0.3, 0.4) is 0 Å². The van der Waals surface area contributed by atoms with Crippen LogP contribution in [-0.4, -0.2) is 37.7 Å². The fourth-order valence-corrected chi connectivity index (χ4v) is 4.17. The SMILES string of the molecule is COc1ccccc1CNC1CCCN(CCCCN)C1c1ccccc1. The lowest BCUT2D eigenvalue weighted by atomic mass is 9.89. The van der Waals surface area contributed by atoms with Gasteiger partial charge in [-0.25, -0.2) is 0 Å². The van der Waals surface area contributed by atoms with Crippen LogP contribution >= 0.6 is 0 Å². The van der Waals surface area contributed by atoms with Crippen LogP contribution in [-0.2, 0) is 6.54 Å². The predicted molar refractivity (Wildman–Crippen MR) is 112 cm³/mol. The monoisotopic (exact) mass is 367 g/mol. The summed E-state index contributed by atoms with van der Waals surface area (Å²) in [5.41, 5.74) is 8.33. The largest absolute Gasteiger partial charge is 0.496 e. The van der Waals surface area contributed by atoms with Crippen molar-refractivity contribution in [3.8, 4) is 5.75 Å². The summed E-state index contributed by atoms with van der Waals surface area (Å²) in [5.74, 6) is 0.955. The number of piperidine rings is 1. The first-order chi connectivity index (χ1) is 13.3. The molecular weight excluding hydrogens is 334 g/mol. The fraction of sp³-hybridized carbons (Fsp3) is 0.478. The topological polar surface area (TPSA) is 50.5 Å². The van der Waals surface area contributed by atoms with E-state index < -0.39 is 0 Å². The molecule has 2 aromatic carbocycles. The highest BCUT2D eigenvalue weighted by atomic mass is 16.5. The molecule has 1 aliphatic rings. The molecule has 27 heavy (non-hydrogen) atoms. The number of hydrogen-bond donors (Lipinski definition) is 2. The third kappa shape index (κ3) is 5.32. The Morgan fingerprint density at radius 2 is 1.85 bits per heavy atom. The third-order valence-electron chi connectivity index (χ3n) is 5.52. The van der Waals surface area contributed by atoms with Gasteiger partial charge in [0.1, 0.15) is 5.75 Å². The molecule has 0 saturated carbocycles. The minimum atomic E-state index is 0.410. The summed E-state index contributed by atoms with van der Waals surface area (Å²) < 4.78 is 5.52. The quantitative estimate of drug-likeness (QED) is 0.663. The van der Waals surface area contributed by atoms with Gasteiger partial charge >= 0.3 is 0 Å². The number of nitrogens with zero attached hydrogens (tertiary/aromatic N) is 1. The zero-order valence-corrected chi connectivity index (χ0v) is 16.4. The normalized spacial score (nSPS) is 20.5. The lowest BCUT2D eigenvalue weighted by Crippen LogP contribution is -2.48. The molecule has 0 radical (unpaired) electrons. The Kier molecular flexibility index (Phi) is 7.69. The second-order valence-electron chi connectivity index (χ2n) is 7.33. The number of hydrogen-bond acceptors (Lipinski definition) is 4. The summed E-state index contributed by atoms with van der Waals surface area (Å²) in [5, 5.41) is 3.84. The van der Waals surface area contributed by atoms with E-state index in [1.165, 1.54) is 30.4 Å². The van der Waals surface area contributed by atoms with E-state index in [4.69, 9.17) is 10.5 Å². The van der Waals surface area contributed by atoms with Crippen molar-refractivity contribution in [1.29, 1.82) is 0 Å². The highest BCUT2D eigenvalue weighted by Gasteiger charge is 2.32. The Balaban J connectivity index is 1.74. The van der Waals surface area contributed by atoms with Crippen molar-refractivity contribution in [3.05, 3.63) is 65.7 Å². The van der Waals surface area contributed by atoms with Crippen molar-refractivity contribution in [2.24, 2.45) is 5.73 Å². The van der Waals surface area contributed by atoms with Crippen molar-refractivity contribution in [2.75, 3.05) is 26.7 Å². The smallest absolute Gasteiger partial charge is 0.123 e. The van der Waals surface area contributed by atoms with Crippen molar-refractivity contribution in [1.82, 2.24) is 10.2 Å². The van der Waals surface area contributed by atoms with E-state index in [2.05, 4.69) is 52.7 Å². The Morgan fingerprint density at radius 1 is 1.07 bits per heavy atom. The molecule has 3 rings (SSSR count). The zero-order valence-electron chi connectivity index (χ0n) is 16.4.